The van der Waals surface area contributed by atoms with Gasteiger partial charge in [-0.15, -0.1) is 0 Å². The topological polar surface area (TPSA) is 66.0 Å². The molecule has 0 atom stereocenters. The van der Waals surface area contributed by atoms with Crippen LogP contribution in [0.5, 0.6) is 23.0 Å². The maximum atomic E-state index is 12.3. The molecule has 2 aromatic carbocycles. The highest BCUT2D eigenvalue weighted by Crippen LogP contribution is 2.34. The summed E-state index contributed by atoms with van der Waals surface area (Å²) in [4.78, 5) is 12.3. The van der Waals surface area contributed by atoms with Crippen molar-refractivity contribution in [3.8, 4) is 23.0 Å². The van der Waals surface area contributed by atoms with Crippen LogP contribution in [0, 0.1) is 0 Å². The second-order valence-corrected chi connectivity index (χ2v) is 6.53. The monoisotopic (exact) mass is 385 g/mol. The lowest BCUT2D eigenvalue weighted by Gasteiger charge is -2.13. The minimum atomic E-state index is -0.0555. The molecule has 0 saturated carbocycles. The highest BCUT2D eigenvalue weighted by molar-refractivity contribution is 5.91. The van der Waals surface area contributed by atoms with Gasteiger partial charge in [0, 0.05) is 18.2 Å². The van der Waals surface area contributed by atoms with Gasteiger partial charge in [-0.1, -0.05) is 19.4 Å². The molecule has 1 amide bonds. The Kier molecular flexibility index (Phi) is 7.00. The van der Waals surface area contributed by atoms with Gasteiger partial charge in [0.15, 0.2) is 23.0 Å². The second-order valence-electron chi connectivity index (χ2n) is 6.53. The standard InChI is InChI=1S/C22H27NO5/c1-3-5-12-26-18-9-6-16(13-20(18)25-4-2)7-11-22(24)23-17-8-10-19-21(14-17)28-15-27-19/h6,8-10,13-14H,3-5,7,11-12,15H2,1-2H3,(H,23,24). The number of rotatable bonds is 10. The number of unbranched alkanes of at least 4 members (excludes halogenated alkanes) is 1. The van der Waals surface area contributed by atoms with Gasteiger partial charge in [-0.25, -0.2) is 0 Å². The van der Waals surface area contributed by atoms with Gasteiger partial charge in [-0.05, 0) is 49.6 Å². The highest BCUT2D eigenvalue weighted by atomic mass is 16.7. The minimum absolute atomic E-state index is 0.0555. The van der Waals surface area contributed by atoms with E-state index in [1.165, 1.54) is 0 Å². The normalized spacial score (nSPS) is 11.9. The van der Waals surface area contributed by atoms with Gasteiger partial charge in [0.05, 0.1) is 13.2 Å². The molecule has 6 heteroatoms. The van der Waals surface area contributed by atoms with Gasteiger partial charge in [0.2, 0.25) is 12.7 Å². The zero-order valence-corrected chi connectivity index (χ0v) is 16.5. The maximum absolute atomic E-state index is 12.3. The van der Waals surface area contributed by atoms with Gasteiger partial charge in [-0.3, -0.25) is 4.79 Å². The fourth-order valence-corrected chi connectivity index (χ4v) is 2.88. The second kappa shape index (κ2) is 9.88. The number of hydrogen-bond acceptors (Lipinski definition) is 5. The molecular weight excluding hydrogens is 358 g/mol. The molecule has 1 aliphatic heterocycles. The Morgan fingerprint density at radius 1 is 1.04 bits per heavy atom. The number of nitrogens with one attached hydrogen (secondary N) is 1. The Labute approximate surface area is 165 Å². The van der Waals surface area contributed by atoms with E-state index in [9.17, 15) is 4.79 Å². The van der Waals surface area contributed by atoms with Crippen molar-refractivity contribution in [2.24, 2.45) is 0 Å². The van der Waals surface area contributed by atoms with E-state index in [0.717, 1.165) is 29.9 Å². The number of carbonyl (C=O) groups is 1. The molecule has 150 valence electrons. The Morgan fingerprint density at radius 3 is 2.71 bits per heavy atom. The molecule has 0 bridgehead atoms. The molecule has 0 aromatic heterocycles. The van der Waals surface area contributed by atoms with E-state index in [1.54, 1.807) is 18.2 Å². The molecular formula is C22H27NO5. The van der Waals surface area contributed by atoms with Crippen molar-refractivity contribution in [1.82, 2.24) is 0 Å². The molecule has 1 heterocycles. The van der Waals surface area contributed by atoms with Crippen molar-refractivity contribution < 1.29 is 23.7 Å². The molecule has 1 N–H and O–H groups in total. The summed E-state index contributed by atoms with van der Waals surface area (Å²) in [7, 11) is 0. The molecule has 0 fully saturated rings. The van der Waals surface area contributed by atoms with Gasteiger partial charge in [0.1, 0.15) is 0 Å². The van der Waals surface area contributed by atoms with Crippen molar-refractivity contribution in [3.63, 3.8) is 0 Å². The SMILES string of the molecule is CCCCOc1ccc(CCC(=O)Nc2ccc3c(c2)OCO3)cc1OCC. The molecule has 2 aromatic rings. The smallest absolute Gasteiger partial charge is 0.231 e. The van der Waals surface area contributed by atoms with E-state index in [2.05, 4.69) is 12.2 Å². The number of carbonyl (C=O) groups excluding carboxylic acids is 1. The summed E-state index contributed by atoms with van der Waals surface area (Å²) in [5.74, 6) is 2.77. The van der Waals surface area contributed by atoms with Crippen molar-refractivity contribution in [2.45, 2.75) is 39.5 Å². The first-order chi connectivity index (χ1) is 13.7. The lowest BCUT2D eigenvalue weighted by atomic mass is 10.1. The predicted molar refractivity (Wildman–Crippen MR) is 108 cm³/mol. The van der Waals surface area contributed by atoms with Crippen LogP contribution in [0.2, 0.25) is 0 Å². The summed E-state index contributed by atoms with van der Waals surface area (Å²) in [5, 5.41) is 2.90. The molecule has 0 unspecified atom stereocenters. The largest absolute Gasteiger partial charge is 0.490 e. The average Bonchev–Trinajstić information content (AvgIpc) is 3.16. The van der Waals surface area contributed by atoms with Crippen LogP contribution in [-0.2, 0) is 11.2 Å². The van der Waals surface area contributed by atoms with Crippen LogP contribution < -0.4 is 24.3 Å². The Bertz CT molecular complexity index is 806. The summed E-state index contributed by atoms with van der Waals surface area (Å²) in [6.07, 6.45) is 3.08. The van der Waals surface area contributed by atoms with Crippen molar-refractivity contribution >= 4 is 11.6 Å². The Balaban J connectivity index is 1.55. The van der Waals surface area contributed by atoms with E-state index in [-0.39, 0.29) is 12.7 Å². The molecule has 0 aliphatic carbocycles. The number of benzene rings is 2. The fourth-order valence-electron chi connectivity index (χ4n) is 2.88. The number of amides is 1. The third-order valence-corrected chi connectivity index (χ3v) is 4.36. The van der Waals surface area contributed by atoms with Crippen LogP contribution in [0.3, 0.4) is 0 Å². The first-order valence-electron chi connectivity index (χ1n) is 9.77. The third kappa shape index (κ3) is 5.31. The molecule has 0 radical (unpaired) electrons. The predicted octanol–water partition coefficient (Wildman–Crippen LogP) is 4.56. The van der Waals surface area contributed by atoms with Crippen molar-refractivity contribution in [1.29, 1.82) is 0 Å². The van der Waals surface area contributed by atoms with Gasteiger partial charge >= 0.3 is 0 Å². The molecule has 28 heavy (non-hydrogen) atoms. The molecule has 3 rings (SSSR count). The van der Waals surface area contributed by atoms with E-state index in [0.29, 0.717) is 43.2 Å². The van der Waals surface area contributed by atoms with Crippen molar-refractivity contribution in [2.75, 3.05) is 25.3 Å². The fraction of sp³-hybridized carbons (Fsp3) is 0.409. The number of anilines is 1. The Morgan fingerprint density at radius 2 is 1.89 bits per heavy atom. The summed E-state index contributed by atoms with van der Waals surface area (Å²) in [6, 6.07) is 11.2. The summed E-state index contributed by atoms with van der Waals surface area (Å²) < 4.78 is 22.1. The first kappa shape index (κ1) is 19.9. The lowest BCUT2D eigenvalue weighted by molar-refractivity contribution is -0.116. The van der Waals surface area contributed by atoms with Crippen LogP contribution in [-0.4, -0.2) is 25.9 Å². The van der Waals surface area contributed by atoms with E-state index in [1.807, 2.05) is 25.1 Å². The summed E-state index contributed by atoms with van der Waals surface area (Å²) >= 11 is 0. The number of ether oxygens (including phenoxy) is 4. The number of fused-ring (bicyclic) bond motifs is 1. The maximum Gasteiger partial charge on any atom is 0.231 e. The molecule has 6 nitrogen and oxygen atoms in total. The zero-order chi connectivity index (χ0) is 19.8. The molecule has 1 aliphatic rings. The van der Waals surface area contributed by atoms with Crippen LogP contribution in [0.15, 0.2) is 36.4 Å². The third-order valence-electron chi connectivity index (χ3n) is 4.36. The number of aryl methyl sites for hydroxylation is 1. The average molecular weight is 385 g/mol. The van der Waals surface area contributed by atoms with E-state index in [4.69, 9.17) is 18.9 Å². The number of hydrogen-bond donors (Lipinski definition) is 1. The lowest BCUT2D eigenvalue weighted by Crippen LogP contribution is -2.12. The quantitative estimate of drug-likeness (QED) is 0.607. The zero-order valence-electron chi connectivity index (χ0n) is 16.5. The molecule has 0 saturated heterocycles. The van der Waals surface area contributed by atoms with Crippen LogP contribution in [0.1, 0.15) is 38.7 Å². The van der Waals surface area contributed by atoms with Gasteiger partial charge in [0.25, 0.3) is 0 Å². The van der Waals surface area contributed by atoms with Crippen LogP contribution in [0.4, 0.5) is 5.69 Å². The van der Waals surface area contributed by atoms with E-state index < -0.39 is 0 Å². The Hall–Kier alpha value is -2.89. The van der Waals surface area contributed by atoms with Crippen LogP contribution >= 0.6 is 0 Å². The summed E-state index contributed by atoms with van der Waals surface area (Å²) in [6.45, 7) is 5.53. The van der Waals surface area contributed by atoms with E-state index >= 15 is 0 Å². The summed E-state index contributed by atoms with van der Waals surface area (Å²) in [5.41, 5.74) is 1.73. The van der Waals surface area contributed by atoms with Crippen LogP contribution in [0.25, 0.3) is 0 Å². The molecule has 0 spiro atoms. The minimum Gasteiger partial charge on any atom is -0.490 e. The van der Waals surface area contributed by atoms with Gasteiger partial charge < -0.3 is 24.3 Å². The van der Waals surface area contributed by atoms with Gasteiger partial charge in [-0.2, -0.15) is 0 Å². The highest BCUT2D eigenvalue weighted by Gasteiger charge is 2.14. The first-order valence-corrected chi connectivity index (χ1v) is 9.77. The van der Waals surface area contributed by atoms with Crippen molar-refractivity contribution in [3.05, 3.63) is 42.0 Å².